The Balaban J connectivity index is 1.59. The van der Waals surface area contributed by atoms with E-state index in [2.05, 4.69) is 25.7 Å². The maximum Gasteiger partial charge on any atom is 0.269 e. The first-order valence-corrected chi connectivity index (χ1v) is 8.36. The van der Waals surface area contributed by atoms with Gasteiger partial charge >= 0.3 is 0 Å². The number of anilines is 2. The van der Waals surface area contributed by atoms with Crippen molar-refractivity contribution in [1.82, 2.24) is 25.1 Å². The van der Waals surface area contributed by atoms with Crippen molar-refractivity contribution < 1.29 is 4.79 Å². The molecule has 0 saturated carbocycles. The topological polar surface area (TPSA) is 84.7 Å². The Hall–Kier alpha value is -3.22. The Morgan fingerprint density at radius 1 is 1.12 bits per heavy atom. The van der Waals surface area contributed by atoms with Crippen LogP contribution in [-0.4, -0.2) is 32.2 Å². The van der Waals surface area contributed by atoms with Gasteiger partial charge in [0.1, 0.15) is 11.4 Å². The van der Waals surface area contributed by atoms with Crippen molar-refractivity contribution >= 4 is 17.5 Å². The molecule has 25 heavy (non-hydrogen) atoms. The lowest BCUT2D eigenvalue weighted by Crippen LogP contribution is -2.36. The minimum atomic E-state index is -0.0415. The number of rotatable bonds is 2. The summed E-state index contributed by atoms with van der Waals surface area (Å²) in [4.78, 5) is 21.3. The lowest BCUT2D eigenvalue weighted by atomic mass is 9.93. The van der Waals surface area contributed by atoms with Gasteiger partial charge in [-0.1, -0.05) is 18.2 Å². The summed E-state index contributed by atoms with van der Waals surface area (Å²) in [6, 6.07) is 9.81. The maximum absolute atomic E-state index is 12.2. The largest absolute Gasteiger partial charge is 0.349 e. The molecular weight excluding hydrogens is 316 g/mol. The molecule has 2 N–H and O–H groups in total. The molecule has 0 bridgehead atoms. The van der Waals surface area contributed by atoms with Gasteiger partial charge in [0, 0.05) is 24.0 Å². The number of hydrogen-bond acceptors (Lipinski definition) is 5. The normalized spacial score (nSPS) is 15.0. The highest BCUT2D eigenvalue weighted by Gasteiger charge is 2.31. The summed E-state index contributed by atoms with van der Waals surface area (Å²) < 4.78 is 1.81. The predicted molar refractivity (Wildman–Crippen MR) is 92.7 cm³/mol. The van der Waals surface area contributed by atoms with Gasteiger partial charge in [0.15, 0.2) is 0 Å². The minimum Gasteiger partial charge on any atom is -0.349 e. The SMILES string of the molecule is O=C1NCCn2nc3c(c21)CCc1cnc(Nc2ccccc2)nc1-3. The van der Waals surface area contributed by atoms with Gasteiger partial charge in [-0.15, -0.1) is 0 Å². The molecule has 0 fully saturated rings. The Morgan fingerprint density at radius 3 is 2.88 bits per heavy atom. The summed E-state index contributed by atoms with van der Waals surface area (Å²) in [6.45, 7) is 1.31. The van der Waals surface area contributed by atoms with E-state index < -0.39 is 0 Å². The number of para-hydroxylation sites is 1. The van der Waals surface area contributed by atoms with Gasteiger partial charge in [0.05, 0.1) is 12.2 Å². The van der Waals surface area contributed by atoms with E-state index in [1.165, 1.54) is 0 Å². The van der Waals surface area contributed by atoms with Crippen molar-refractivity contribution in [2.75, 3.05) is 11.9 Å². The first-order chi connectivity index (χ1) is 12.3. The molecular formula is C18H16N6O. The van der Waals surface area contributed by atoms with E-state index >= 15 is 0 Å². The Kier molecular flexibility index (Phi) is 3.06. The molecule has 1 aromatic carbocycles. The van der Waals surface area contributed by atoms with Crippen LogP contribution in [0.5, 0.6) is 0 Å². The van der Waals surface area contributed by atoms with Gasteiger partial charge in [0.2, 0.25) is 5.95 Å². The number of nitrogens with one attached hydrogen (secondary N) is 2. The molecule has 2 aliphatic rings. The molecule has 0 spiro atoms. The van der Waals surface area contributed by atoms with Crippen molar-refractivity contribution in [3.63, 3.8) is 0 Å². The van der Waals surface area contributed by atoms with Gasteiger partial charge < -0.3 is 10.6 Å². The third-order valence-electron chi connectivity index (χ3n) is 4.64. The number of carbonyl (C=O) groups excluding carboxylic acids is 1. The summed E-state index contributed by atoms with van der Waals surface area (Å²) in [5.74, 6) is 0.494. The van der Waals surface area contributed by atoms with E-state index in [-0.39, 0.29) is 5.91 Å². The van der Waals surface area contributed by atoms with Crippen LogP contribution >= 0.6 is 0 Å². The van der Waals surface area contributed by atoms with Crippen LogP contribution in [0.3, 0.4) is 0 Å². The smallest absolute Gasteiger partial charge is 0.269 e. The number of aromatic nitrogens is 4. The van der Waals surface area contributed by atoms with Crippen LogP contribution in [0.1, 0.15) is 21.6 Å². The highest BCUT2D eigenvalue weighted by atomic mass is 16.2. The monoisotopic (exact) mass is 332 g/mol. The van der Waals surface area contributed by atoms with Crippen LogP contribution in [-0.2, 0) is 19.4 Å². The summed E-state index contributed by atoms with van der Waals surface area (Å²) in [7, 11) is 0. The quantitative estimate of drug-likeness (QED) is 0.749. The molecule has 2 aromatic heterocycles. The number of nitrogens with zero attached hydrogens (tertiary/aromatic N) is 4. The molecule has 124 valence electrons. The maximum atomic E-state index is 12.2. The predicted octanol–water partition coefficient (Wildman–Crippen LogP) is 1.93. The second-order valence-electron chi connectivity index (χ2n) is 6.21. The van der Waals surface area contributed by atoms with Crippen molar-refractivity contribution in [3.05, 3.63) is 53.3 Å². The molecule has 0 unspecified atom stereocenters. The fourth-order valence-electron chi connectivity index (χ4n) is 3.47. The molecule has 3 heterocycles. The fourth-order valence-corrected chi connectivity index (χ4v) is 3.47. The second-order valence-corrected chi connectivity index (χ2v) is 6.21. The van der Waals surface area contributed by atoms with E-state index in [4.69, 9.17) is 0 Å². The van der Waals surface area contributed by atoms with E-state index in [1.807, 2.05) is 41.2 Å². The molecule has 5 rings (SSSR count). The molecule has 0 saturated heterocycles. The molecule has 1 amide bonds. The molecule has 7 nitrogen and oxygen atoms in total. The standard InChI is InChI=1S/C18H16N6O/c25-17-16-13-7-6-11-10-20-18(21-12-4-2-1-3-5-12)22-14(11)15(13)23-24(16)9-8-19-17/h1-5,10H,6-9H2,(H,19,25)(H,20,21,22). The molecule has 7 heteroatoms. The summed E-state index contributed by atoms with van der Waals surface area (Å²) in [5, 5.41) is 10.8. The van der Waals surface area contributed by atoms with Crippen molar-refractivity contribution in [1.29, 1.82) is 0 Å². The minimum absolute atomic E-state index is 0.0415. The third kappa shape index (κ3) is 2.27. The van der Waals surface area contributed by atoms with Crippen LogP contribution < -0.4 is 10.6 Å². The van der Waals surface area contributed by atoms with E-state index in [0.29, 0.717) is 24.7 Å². The number of hydrogen-bond donors (Lipinski definition) is 2. The first-order valence-electron chi connectivity index (χ1n) is 8.36. The first kappa shape index (κ1) is 14.2. The third-order valence-corrected chi connectivity index (χ3v) is 4.64. The summed E-state index contributed by atoms with van der Waals surface area (Å²) in [5.41, 5.74) is 5.32. The number of aryl methyl sites for hydroxylation is 1. The van der Waals surface area contributed by atoms with Crippen LogP contribution in [0.15, 0.2) is 36.5 Å². The Labute approximate surface area is 144 Å². The van der Waals surface area contributed by atoms with Gasteiger partial charge in [-0.25, -0.2) is 9.97 Å². The number of benzene rings is 1. The second kappa shape index (κ2) is 5.41. The van der Waals surface area contributed by atoms with Gasteiger partial charge in [-0.3, -0.25) is 9.48 Å². The van der Waals surface area contributed by atoms with E-state index in [1.54, 1.807) is 0 Å². The highest BCUT2D eigenvalue weighted by molar-refractivity contribution is 5.96. The number of amides is 1. The van der Waals surface area contributed by atoms with Gasteiger partial charge in [0.25, 0.3) is 5.91 Å². The average molecular weight is 332 g/mol. The number of carbonyl (C=O) groups is 1. The van der Waals surface area contributed by atoms with Gasteiger partial charge in [-0.2, -0.15) is 5.10 Å². The van der Waals surface area contributed by atoms with Crippen molar-refractivity contribution in [2.24, 2.45) is 0 Å². The lowest BCUT2D eigenvalue weighted by molar-refractivity contribution is 0.0923. The van der Waals surface area contributed by atoms with Crippen molar-refractivity contribution in [2.45, 2.75) is 19.4 Å². The summed E-state index contributed by atoms with van der Waals surface area (Å²) >= 11 is 0. The summed E-state index contributed by atoms with van der Waals surface area (Å²) in [6.07, 6.45) is 3.47. The van der Waals surface area contributed by atoms with Crippen LogP contribution in [0.4, 0.5) is 11.6 Å². The van der Waals surface area contributed by atoms with Crippen LogP contribution in [0.25, 0.3) is 11.4 Å². The zero-order valence-corrected chi connectivity index (χ0v) is 13.5. The van der Waals surface area contributed by atoms with Crippen molar-refractivity contribution in [3.8, 4) is 11.4 Å². The molecule has 0 radical (unpaired) electrons. The zero-order valence-electron chi connectivity index (χ0n) is 13.5. The molecule has 0 atom stereocenters. The fraction of sp³-hybridized carbons (Fsp3) is 0.222. The highest BCUT2D eigenvalue weighted by Crippen LogP contribution is 2.34. The molecule has 3 aromatic rings. The van der Waals surface area contributed by atoms with E-state index in [0.717, 1.165) is 41.0 Å². The molecule has 1 aliphatic heterocycles. The Bertz CT molecular complexity index is 979. The van der Waals surface area contributed by atoms with Crippen LogP contribution in [0.2, 0.25) is 0 Å². The molecule has 1 aliphatic carbocycles. The number of fused-ring (bicyclic) bond motifs is 5. The zero-order chi connectivity index (χ0) is 16.8. The lowest BCUT2D eigenvalue weighted by Gasteiger charge is -2.17. The van der Waals surface area contributed by atoms with Gasteiger partial charge in [-0.05, 0) is 30.5 Å². The van der Waals surface area contributed by atoms with Crippen LogP contribution in [0, 0.1) is 0 Å². The van der Waals surface area contributed by atoms with E-state index in [9.17, 15) is 4.79 Å². The average Bonchev–Trinajstić information content (AvgIpc) is 3.03. The Morgan fingerprint density at radius 2 is 2.00 bits per heavy atom.